The molecule has 2 aromatic carbocycles. The number of benzene rings is 2. The molecular formula is C19H15N3O4S. The summed E-state index contributed by atoms with van der Waals surface area (Å²) in [6.45, 7) is 0.0653. The fourth-order valence-corrected chi connectivity index (χ4v) is 3.71. The highest BCUT2D eigenvalue weighted by Gasteiger charge is 2.29. The van der Waals surface area contributed by atoms with Gasteiger partial charge in [0.25, 0.3) is 0 Å². The van der Waals surface area contributed by atoms with Crippen LogP contribution < -0.4 is 5.32 Å². The number of fused-ring (bicyclic) bond motifs is 1. The molecular weight excluding hydrogens is 366 g/mol. The molecule has 3 aromatic rings. The molecule has 1 aliphatic rings. The average molecular weight is 381 g/mol. The number of urea groups is 1. The van der Waals surface area contributed by atoms with Gasteiger partial charge in [-0.15, -0.1) is 11.3 Å². The van der Waals surface area contributed by atoms with Gasteiger partial charge in [0.1, 0.15) is 11.6 Å². The number of thiazole rings is 1. The molecule has 0 aliphatic carbocycles. The van der Waals surface area contributed by atoms with Crippen molar-refractivity contribution in [1.82, 2.24) is 15.2 Å². The standard InChI is InChI=1S/C19H15N3O4S/c23-17-9-20-19(25)22(17)10-12-5-1-2-6-13(12)18(24)26-11-16-21-14-7-3-4-8-15(14)27-16/h1-8H,9-11H2,(H,20,25). The van der Waals surface area contributed by atoms with Crippen LogP contribution in [0.15, 0.2) is 48.5 Å². The van der Waals surface area contributed by atoms with Gasteiger partial charge in [-0.1, -0.05) is 30.3 Å². The third-order valence-electron chi connectivity index (χ3n) is 4.17. The van der Waals surface area contributed by atoms with Crippen LogP contribution in [-0.2, 0) is 22.7 Å². The lowest BCUT2D eigenvalue weighted by Crippen LogP contribution is -2.31. The topological polar surface area (TPSA) is 88.6 Å². The van der Waals surface area contributed by atoms with Gasteiger partial charge in [-0.2, -0.15) is 0 Å². The van der Waals surface area contributed by atoms with Crippen molar-refractivity contribution in [1.29, 1.82) is 0 Å². The molecule has 0 bridgehead atoms. The van der Waals surface area contributed by atoms with E-state index in [1.165, 1.54) is 11.3 Å². The molecule has 1 N–H and O–H groups in total. The average Bonchev–Trinajstić information content (AvgIpc) is 3.24. The SMILES string of the molecule is O=C(OCc1nc2ccccc2s1)c1ccccc1CN1C(=O)CNC1=O. The first-order chi connectivity index (χ1) is 13.1. The van der Waals surface area contributed by atoms with Gasteiger partial charge in [0.2, 0.25) is 5.91 Å². The zero-order valence-corrected chi connectivity index (χ0v) is 15.0. The van der Waals surface area contributed by atoms with Crippen molar-refractivity contribution in [3.05, 3.63) is 64.7 Å². The predicted molar refractivity (Wildman–Crippen MR) is 99.1 cm³/mol. The maximum Gasteiger partial charge on any atom is 0.338 e. The summed E-state index contributed by atoms with van der Waals surface area (Å²) in [4.78, 5) is 41.6. The number of ether oxygens (including phenoxy) is 1. The van der Waals surface area contributed by atoms with E-state index in [1.807, 2.05) is 24.3 Å². The van der Waals surface area contributed by atoms with Crippen LogP contribution in [0.5, 0.6) is 0 Å². The first-order valence-corrected chi connectivity index (χ1v) is 9.11. The summed E-state index contributed by atoms with van der Waals surface area (Å²) in [5.41, 5.74) is 1.75. The highest BCUT2D eigenvalue weighted by atomic mass is 32.1. The minimum atomic E-state index is -0.517. The first-order valence-electron chi connectivity index (χ1n) is 8.29. The Balaban J connectivity index is 1.48. The van der Waals surface area contributed by atoms with E-state index in [-0.39, 0.29) is 25.6 Å². The van der Waals surface area contributed by atoms with Crippen molar-refractivity contribution < 1.29 is 19.1 Å². The third kappa shape index (κ3) is 3.52. The second-order valence-electron chi connectivity index (χ2n) is 5.95. The van der Waals surface area contributed by atoms with Crippen LogP contribution in [0.2, 0.25) is 0 Å². The van der Waals surface area contributed by atoms with E-state index in [1.54, 1.807) is 24.3 Å². The molecule has 0 radical (unpaired) electrons. The molecule has 0 spiro atoms. The number of aromatic nitrogens is 1. The minimum absolute atomic E-state index is 0.0247. The molecule has 1 aliphatic heterocycles. The first kappa shape index (κ1) is 17.2. The summed E-state index contributed by atoms with van der Waals surface area (Å²) in [6, 6.07) is 14.0. The summed E-state index contributed by atoms with van der Waals surface area (Å²) in [6.07, 6.45) is 0. The predicted octanol–water partition coefficient (Wildman–Crippen LogP) is 2.71. The Hall–Kier alpha value is -3.26. The van der Waals surface area contributed by atoms with E-state index in [0.29, 0.717) is 16.1 Å². The minimum Gasteiger partial charge on any atom is -0.455 e. The van der Waals surface area contributed by atoms with Crippen LogP contribution in [0.25, 0.3) is 10.2 Å². The van der Waals surface area contributed by atoms with Crippen LogP contribution in [0.4, 0.5) is 4.79 Å². The smallest absolute Gasteiger partial charge is 0.338 e. The molecule has 1 saturated heterocycles. The van der Waals surface area contributed by atoms with E-state index in [9.17, 15) is 14.4 Å². The van der Waals surface area contributed by atoms with Crippen molar-refractivity contribution in [3.63, 3.8) is 0 Å². The van der Waals surface area contributed by atoms with E-state index < -0.39 is 12.0 Å². The Kier molecular flexibility index (Phi) is 4.55. The fourth-order valence-electron chi connectivity index (χ4n) is 2.83. The number of nitrogens with zero attached hydrogens (tertiary/aromatic N) is 2. The summed E-state index contributed by atoms with van der Waals surface area (Å²) < 4.78 is 6.44. The molecule has 0 atom stereocenters. The number of hydrogen-bond donors (Lipinski definition) is 1. The highest BCUT2D eigenvalue weighted by molar-refractivity contribution is 7.18. The van der Waals surface area contributed by atoms with E-state index >= 15 is 0 Å². The Morgan fingerprint density at radius 1 is 1.15 bits per heavy atom. The Bertz CT molecular complexity index is 997. The van der Waals surface area contributed by atoms with Crippen molar-refractivity contribution >= 4 is 39.5 Å². The van der Waals surface area contributed by atoms with Crippen molar-refractivity contribution in [2.75, 3.05) is 6.54 Å². The molecule has 1 fully saturated rings. The highest BCUT2D eigenvalue weighted by Crippen LogP contribution is 2.23. The monoisotopic (exact) mass is 381 g/mol. The lowest BCUT2D eigenvalue weighted by Gasteiger charge is -2.15. The molecule has 136 valence electrons. The summed E-state index contributed by atoms with van der Waals surface area (Å²) >= 11 is 1.47. The van der Waals surface area contributed by atoms with Gasteiger partial charge in [0.15, 0.2) is 0 Å². The number of para-hydroxylation sites is 1. The largest absolute Gasteiger partial charge is 0.455 e. The van der Waals surface area contributed by atoms with Gasteiger partial charge < -0.3 is 10.1 Å². The molecule has 27 heavy (non-hydrogen) atoms. The van der Waals surface area contributed by atoms with Gasteiger partial charge in [-0.05, 0) is 23.8 Å². The number of amides is 3. The lowest BCUT2D eigenvalue weighted by atomic mass is 10.1. The van der Waals surface area contributed by atoms with Gasteiger partial charge in [-0.3, -0.25) is 9.69 Å². The number of esters is 1. The van der Waals surface area contributed by atoms with Crippen LogP contribution in [0.1, 0.15) is 20.9 Å². The van der Waals surface area contributed by atoms with Crippen molar-refractivity contribution in [3.8, 4) is 0 Å². The molecule has 7 nitrogen and oxygen atoms in total. The second-order valence-corrected chi connectivity index (χ2v) is 7.06. The van der Waals surface area contributed by atoms with Crippen molar-refractivity contribution in [2.45, 2.75) is 13.2 Å². The van der Waals surface area contributed by atoms with Gasteiger partial charge in [0, 0.05) is 0 Å². The Morgan fingerprint density at radius 3 is 2.70 bits per heavy atom. The van der Waals surface area contributed by atoms with E-state index in [0.717, 1.165) is 15.1 Å². The second kappa shape index (κ2) is 7.16. The van der Waals surface area contributed by atoms with Crippen molar-refractivity contribution in [2.24, 2.45) is 0 Å². The molecule has 1 aromatic heterocycles. The van der Waals surface area contributed by atoms with Gasteiger partial charge >= 0.3 is 12.0 Å². The number of imide groups is 1. The summed E-state index contributed by atoms with van der Waals surface area (Å²) in [5.74, 6) is -0.838. The van der Waals surface area contributed by atoms with Gasteiger partial charge in [0.05, 0.1) is 28.9 Å². The molecule has 4 rings (SSSR count). The lowest BCUT2D eigenvalue weighted by molar-refractivity contribution is -0.125. The molecule has 3 amide bonds. The maximum absolute atomic E-state index is 12.5. The summed E-state index contributed by atoms with van der Waals surface area (Å²) in [7, 11) is 0. The van der Waals surface area contributed by atoms with Gasteiger partial charge in [-0.25, -0.2) is 14.6 Å². The number of carbonyl (C=O) groups is 3. The third-order valence-corrected chi connectivity index (χ3v) is 5.18. The van der Waals surface area contributed by atoms with Crippen LogP contribution in [0.3, 0.4) is 0 Å². The van der Waals surface area contributed by atoms with Crippen LogP contribution in [-0.4, -0.2) is 34.3 Å². The Morgan fingerprint density at radius 2 is 1.93 bits per heavy atom. The van der Waals surface area contributed by atoms with E-state index in [4.69, 9.17) is 4.74 Å². The molecule has 2 heterocycles. The quantitative estimate of drug-likeness (QED) is 0.542. The number of rotatable bonds is 5. The number of nitrogens with one attached hydrogen (secondary N) is 1. The maximum atomic E-state index is 12.5. The Labute approximate surface area is 158 Å². The molecule has 8 heteroatoms. The normalized spacial score (nSPS) is 13.9. The van der Waals surface area contributed by atoms with Crippen LogP contribution in [0, 0.1) is 0 Å². The zero-order chi connectivity index (χ0) is 18.8. The fraction of sp³-hybridized carbons (Fsp3) is 0.158. The zero-order valence-electron chi connectivity index (χ0n) is 14.2. The molecule has 0 unspecified atom stereocenters. The number of hydrogen-bond acceptors (Lipinski definition) is 6. The summed E-state index contributed by atoms with van der Waals surface area (Å²) in [5, 5.41) is 3.17. The van der Waals surface area contributed by atoms with Crippen LogP contribution >= 0.6 is 11.3 Å². The number of carbonyl (C=O) groups excluding carboxylic acids is 3. The molecule has 0 saturated carbocycles. The van der Waals surface area contributed by atoms with E-state index in [2.05, 4.69) is 10.3 Å².